The summed E-state index contributed by atoms with van der Waals surface area (Å²) in [6.45, 7) is 10.8. The molecule has 4 nitrogen and oxygen atoms in total. The van der Waals surface area contributed by atoms with E-state index in [0.29, 0.717) is 17.9 Å². The summed E-state index contributed by atoms with van der Waals surface area (Å²) in [5.74, 6) is 0. The van der Waals surface area contributed by atoms with E-state index in [4.69, 9.17) is 11.6 Å². The maximum absolute atomic E-state index is 10.5. The van der Waals surface area contributed by atoms with Gasteiger partial charge in [0.1, 0.15) is 0 Å². The summed E-state index contributed by atoms with van der Waals surface area (Å²) in [6, 6.07) is 0. The summed E-state index contributed by atoms with van der Waals surface area (Å²) in [5.41, 5.74) is 0.974. The van der Waals surface area contributed by atoms with E-state index in [9.17, 15) is 5.11 Å². The van der Waals surface area contributed by atoms with Crippen LogP contribution in [0.3, 0.4) is 0 Å². The van der Waals surface area contributed by atoms with Crippen molar-refractivity contribution in [1.29, 1.82) is 0 Å². The summed E-state index contributed by atoms with van der Waals surface area (Å²) in [4.78, 5) is 0. The number of aromatic nitrogens is 2. The Hall–Kier alpha value is -0.580. The van der Waals surface area contributed by atoms with Gasteiger partial charge in [0.25, 0.3) is 0 Å². The number of nitrogens with zero attached hydrogens (tertiary/aromatic N) is 2. The van der Waals surface area contributed by atoms with Crippen LogP contribution in [0.5, 0.6) is 0 Å². The Labute approximate surface area is 121 Å². The molecule has 0 saturated heterocycles. The van der Waals surface area contributed by atoms with Crippen molar-refractivity contribution in [2.24, 2.45) is 7.05 Å². The van der Waals surface area contributed by atoms with Gasteiger partial charge in [0, 0.05) is 19.0 Å². The van der Waals surface area contributed by atoms with E-state index in [1.165, 1.54) is 0 Å². The van der Waals surface area contributed by atoms with Crippen LogP contribution in [0.15, 0.2) is 0 Å². The molecule has 1 aromatic heterocycles. The van der Waals surface area contributed by atoms with Crippen LogP contribution in [0.1, 0.15) is 45.5 Å². The molecular formula is C14H26ClN3O. The Bertz CT molecular complexity index is 433. The van der Waals surface area contributed by atoms with E-state index in [1.807, 2.05) is 20.9 Å². The highest BCUT2D eigenvalue weighted by molar-refractivity contribution is 6.31. The van der Waals surface area contributed by atoms with Gasteiger partial charge >= 0.3 is 0 Å². The minimum atomic E-state index is -0.790. The molecule has 2 N–H and O–H groups in total. The van der Waals surface area contributed by atoms with Crippen LogP contribution in [0, 0.1) is 6.92 Å². The number of hydrogen-bond acceptors (Lipinski definition) is 3. The van der Waals surface area contributed by atoms with E-state index in [1.54, 1.807) is 4.68 Å². The molecule has 1 rings (SSSR count). The lowest BCUT2D eigenvalue weighted by Gasteiger charge is -2.27. The summed E-state index contributed by atoms with van der Waals surface area (Å²) in [6.07, 6.45) is 1.18. The molecule has 1 unspecified atom stereocenters. The number of halogens is 1. The van der Waals surface area contributed by atoms with Gasteiger partial charge in [0.05, 0.1) is 22.0 Å². The molecule has 0 radical (unpaired) electrons. The maximum atomic E-state index is 10.5. The number of aryl methyl sites for hydroxylation is 2. The van der Waals surface area contributed by atoms with Crippen molar-refractivity contribution in [3.8, 4) is 0 Å². The lowest BCUT2D eigenvalue weighted by Crippen LogP contribution is -2.40. The van der Waals surface area contributed by atoms with Crippen LogP contribution < -0.4 is 5.32 Å². The van der Waals surface area contributed by atoms with Crippen LogP contribution >= 0.6 is 11.6 Å². The van der Waals surface area contributed by atoms with Crippen LogP contribution in [0.4, 0.5) is 0 Å². The summed E-state index contributed by atoms with van der Waals surface area (Å²) >= 11 is 6.22. The van der Waals surface area contributed by atoms with Crippen molar-refractivity contribution in [2.75, 3.05) is 6.54 Å². The zero-order chi connectivity index (χ0) is 14.8. The van der Waals surface area contributed by atoms with Gasteiger partial charge in [-0.05, 0) is 47.6 Å². The average Bonchev–Trinajstić information content (AvgIpc) is 2.42. The quantitative estimate of drug-likeness (QED) is 0.875. The summed E-state index contributed by atoms with van der Waals surface area (Å²) in [7, 11) is 1.86. The molecule has 1 heterocycles. The molecule has 0 amide bonds. The van der Waals surface area contributed by atoms with Gasteiger partial charge in [-0.3, -0.25) is 4.68 Å². The molecule has 0 saturated carbocycles. The minimum Gasteiger partial charge on any atom is -0.390 e. The second kappa shape index (κ2) is 5.81. The van der Waals surface area contributed by atoms with Crippen LogP contribution in [-0.4, -0.2) is 32.6 Å². The van der Waals surface area contributed by atoms with Crippen molar-refractivity contribution >= 4 is 11.6 Å². The number of nitrogens with one attached hydrogen (secondary N) is 1. The highest BCUT2D eigenvalue weighted by Crippen LogP contribution is 2.25. The van der Waals surface area contributed by atoms with E-state index in [0.717, 1.165) is 17.9 Å². The fourth-order valence-electron chi connectivity index (χ4n) is 2.03. The minimum absolute atomic E-state index is 0.0663. The number of rotatable bonds is 5. The molecule has 5 heteroatoms. The third kappa shape index (κ3) is 5.13. The predicted octanol–water partition coefficient (Wildman–Crippen LogP) is 2.45. The first-order valence-corrected chi connectivity index (χ1v) is 7.05. The summed E-state index contributed by atoms with van der Waals surface area (Å²) < 4.78 is 1.75. The first kappa shape index (κ1) is 16.5. The van der Waals surface area contributed by atoms with E-state index >= 15 is 0 Å². The zero-order valence-electron chi connectivity index (χ0n) is 12.8. The molecule has 19 heavy (non-hydrogen) atoms. The van der Waals surface area contributed by atoms with Crippen molar-refractivity contribution in [3.63, 3.8) is 0 Å². The van der Waals surface area contributed by atoms with E-state index in [2.05, 4.69) is 31.2 Å². The highest BCUT2D eigenvalue weighted by atomic mass is 35.5. The second-order valence-electron chi connectivity index (χ2n) is 6.57. The molecule has 0 aliphatic carbocycles. The molecule has 110 valence electrons. The number of aliphatic hydroxyl groups is 1. The van der Waals surface area contributed by atoms with Crippen LogP contribution in [0.25, 0.3) is 0 Å². The van der Waals surface area contributed by atoms with Crippen molar-refractivity contribution in [1.82, 2.24) is 15.1 Å². The summed E-state index contributed by atoms with van der Waals surface area (Å²) in [5, 5.41) is 18.8. The topological polar surface area (TPSA) is 50.1 Å². The molecule has 0 bridgehead atoms. The Kier molecular flexibility index (Phi) is 5.04. The van der Waals surface area contributed by atoms with Gasteiger partial charge in [-0.2, -0.15) is 5.10 Å². The highest BCUT2D eigenvalue weighted by Gasteiger charge is 2.25. The normalized spacial score (nSPS) is 15.6. The predicted molar refractivity (Wildman–Crippen MR) is 79.7 cm³/mol. The number of hydrogen-bond donors (Lipinski definition) is 2. The van der Waals surface area contributed by atoms with E-state index < -0.39 is 5.60 Å². The Morgan fingerprint density at radius 3 is 2.32 bits per heavy atom. The molecule has 0 fully saturated rings. The second-order valence-corrected chi connectivity index (χ2v) is 6.95. The third-order valence-corrected chi connectivity index (χ3v) is 3.62. The smallest absolute Gasteiger partial charge is 0.0848 e. The van der Waals surface area contributed by atoms with Crippen LogP contribution in [0.2, 0.25) is 5.02 Å². The maximum Gasteiger partial charge on any atom is 0.0848 e. The first-order chi connectivity index (χ1) is 8.52. The Balaban J connectivity index is 2.64. The van der Waals surface area contributed by atoms with Gasteiger partial charge in [-0.15, -0.1) is 0 Å². The Morgan fingerprint density at radius 2 is 1.89 bits per heavy atom. The molecule has 0 aliphatic heterocycles. The van der Waals surface area contributed by atoms with E-state index in [-0.39, 0.29) is 5.54 Å². The van der Waals surface area contributed by atoms with Crippen LogP contribution in [-0.2, 0) is 13.5 Å². The fourth-order valence-corrected chi connectivity index (χ4v) is 2.25. The zero-order valence-corrected chi connectivity index (χ0v) is 13.6. The molecule has 0 spiro atoms. The third-order valence-electron chi connectivity index (χ3n) is 3.13. The van der Waals surface area contributed by atoms with Gasteiger partial charge < -0.3 is 10.4 Å². The fraction of sp³-hybridized carbons (Fsp3) is 0.786. The largest absolute Gasteiger partial charge is 0.390 e. The Morgan fingerprint density at radius 1 is 1.32 bits per heavy atom. The lowest BCUT2D eigenvalue weighted by atomic mass is 9.95. The lowest BCUT2D eigenvalue weighted by molar-refractivity contribution is 0.0481. The van der Waals surface area contributed by atoms with Crippen molar-refractivity contribution in [3.05, 3.63) is 16.4 Å². The van der Waals surface area contributed by atoms with Gasteiger partial charge in [-0.25, -0.2) is 0 Å². The average molecular weight is 288 g/mol. The van der Waals surface area contributed by atoms with Crippen molar-refractivity contribution < 1.29 is 5.11 Å². The molecule has 0 aliphatic rings. The van der Waals surface area contributed by atoms with Gasteiger partial charge in [0.15, 0.2) is 0 Å². The molecular weight excluding hydrogens is 262 g/mol. The SMILES string of the molecule is Cc1nn(C)c(CC(C)(O)CCNC(C)(C)C)c1Cl. The molecule has 1 atom stereocenters. The van der Waals surface area contributed by atoms with Gasteiger partial charge in [-0.1, -0.05) is 11.6 Å². The molecule has 1 aromatic rings. The van der Waals surface area contributed by atoms with Gasteiger partial charge in [0.2, 0.25) is 0 Å². The standard InChI is InChI=1S/C14H26ClN3O/c1-10-12(15)11(18(6)17-10)9-14(5,19)7-8-16-13(2,3)4/h16,19H,7-9H2,1-6H3. The molecule has 0 aromatic carbocycles. The monoisotopic (exact) mass is 287 g/mol. The first-order valence-electron chi connectivity index (χ1n) is 6.67. The van der Waals surface area contributed by atoms with Crippen molar-refractivity contribution in [2.45, 2.75) is 58.6 Å².